The van der Waals surface area contributed by atoms with E-state index < -0.39 is 17.7 Å². The molecule has 8 nitrogen and oxygen atoms in total. The van der Waals surface area contributed by atoms with Gasteiger partial charge in [-0.1, -0.05) is 0 Å². The zero-order valence-corrected chi connectivity index (χ0v) is 16.4. The molecule has 0 aromatic heterocycles. The van der Waals surface area contributed by atoms with Gasteiger partial charge in [-0.3, -0.25) is 14.5 Å². The summed E-state index contributed by atoms with van der Waals surface area (Å²) in [6.07, 6.45) is 0. The van der Waals surface area contributed by atoms with Crippen molar-refractivity contribution >= 4 is 11.7 Å². The molecule has 0 unspecified atom stereocenters. The van der Waals surface area contributed by atoms with Crippen LogP contribution in [0.1, 0.15) is 18.5 Å². The second kappa shape index (κ2) is 8.62. The number of ketones is 1. The van der Waals surface area contributed by atoms with Crippen molar-refractivity contribution in [1.29, 1.82) is 0 Å². The Morgan fingerprint density at radius 2 is 1.93 bits per heavy atom. The third-order valence-electron chi connectivity index (χ3n) is 5.18. The zero-order chi connectivity index (χ0) is 20.3. The number of aliphatic hydroxyl groups excluding tert-OH is 1. The standard InChI is InChI=1S/C20H26N2O6/c1-13(23)17-18(15-5-4-14(26-2)12-16(15)27-3)22(20(25)19(17)24)7-6-21-8-10-28-11-9-21/h4-5,12,18,24H,6-11H2,1-3H3/t18-/m0/s1. The Labute approximate surface area is 164 Å². The molecule has 1 aromatic rings. The van der Waals surface area contributed by atoms with Crippen LogP contribution in [0.5, 0.6) is 11.5 Å². The molecule has 0 bridgehead atoms. The molecule has 0 radical (unpaired) electrons. The predicted octanol–water partition coefficient (Wildman–Crippen LogP) is 1.32. The molecule has 1 fully saturated rings. The third-order valence-corrected chi connectivity index (χ3v) is 5.18. The van der Waals surface area contributed by atoms with E-state index in [0.717, 1.165) is 13.1 Å². The second-order valence-electron chi connectivity index (χ2n) is 6.78. The van der Waals surface area contributed by atoms with Crippen molar-refractivity contribution in [3.05, 3.63) is 35.1 Å². The van der Waals surface area contributed by atoms with E-state index in [0.29, 0.717) is 43.4 Å². The third kappa shape index (κ3) is 3.83. The maximum Gasteiger partial charge on any atom is 0.290 e. The van der Waals surface area contributed by atoms with E-state index in [1.165, 1.54) is 18.9 Å². The van der Waals surface area contributed by atoms with Crippen LogP contribution in [0.15, 0.2) is 29.5 Å². The number of rotatable bonds is 7. The molecule has 1 amide bonds. The molecule has 152 valence electrons. The minimum Gasteiger partial charge on any atom is -0.503 e. The highest BCUT2D eigenvalue weighted by molar-refractivity contribution is 6.08. The minimum atomic E-state index is -0.702. The van der Waals surface area contributed by atoms with Crippen LogP contribution in [-0.4, -0.2) is 80.2 Å². The van der Waals surface area contributed by atoms with Crippen molar-refractivity contribution in [2.24, 2.45) is 0 Å². The van der Waals surface area contributed by atoms with E-state index >= 15 is 0 Å². The van der Waals surface area contributed by atoms with Gasteiger partial charge in [0.15, 0.2) is 11.5 Å². The van der Waals surface area contributed by atoms with Gasteiger partial charge in [0.1, 0.15) is 11.5 Å². The fourth-order valence-corrected chi connectivity index (χ4v) is 3.69. The van der Waals surface area contributed by atoms with Gasteiger partial charge in [-0.25, -0.2) is 0 Å². The summed E-state index contributed by atoms with van der Waals surface area (Å²) in [4.78, 5) is 28.8. The number of morpholine rings is 1. The topological polar surface area (TPSA) is 88.5 Å². The highest BCUT2D eigenvalue weighted by Crippen LogP contribution is 2.42. The molecule has 2 aliphatic rings. The van der Waals surface area contributed by atoms with Crippen LogP contribution in [0, 0.1) is 0 Å². The van der Waals surface area contributed by atoms with Crippen molar-refractivity contribution in [3.63, 3.8) is 0 Å². The van der Waals surface area contributed by atoms with Gasteiger partial charge >= 0.3 is 0 Å². The maximum absolute atomic E-state index is 12.8. The maximum atomic E-state index is 12.8. The van der Waals surface area contributed by atoms with E-state index in [2.05, 4.69) is 4.90 Å². The van der Waals surface area contributed by atoms with Gasteiger partial charge in [0, 0.05) is 37.8 Å². The monoisotopic (exact) mass is 390 g/mol. The van der Waals surface area contributed by atoms with E-state index in [9.17, 15) is 14.7 Å². The number of carbonyl (C=O) groups excluding carboxylic acids is 2. The predicted molar refractivity (Wildman–Crippen MR) is 102 cm³/mol. The average Bonchev–Trinajstić information content (AvgIpc) is 2.97. The first-order valence-electron chi connectivity index (χ1n) is 9.25. The number of Topliss-reactive ketones (excluding diaryl/α,β-unsaturated/α-hetero) is 1. The van der Waals surface area contributed by atoms with Gasteiger partial charge in [-0.15, -0.1) is 0 Å². The van der Waals surface area contributed by atoms with Crippen molar-refractivity contribution in [2.75, 3.05) is 53.6 Å². The van der Waals surface area contributed by atoms with Crippen LogP contribution >= 0.6 is 0 Å². The van der Waals surface area contributed by atoms with Crippen molar-refractivity contribution in [3.8, 4) is 11.5 Å². The lowest BCUT2D eigenvalue weighted by atomic mass is 9.95. The van der Waals surface area contributed by atoms with Gasteiger partial charge in [0.05, 0.1) is 39.0 Å². The first-order valence-corrected chi connectivity index (χ1v) is 9.25. The summed E-state index contributed by atoms with van der Waals surface area (Å²) in [6, 6.07) is 4.51. The lowest BCUT2D eigenvalue weighted by molar-refractivity contribution is -0.129. The summed E-state index contributed by atoms with van der Waals surface area (Å²) in [5, 5.41) is 10.4. The first-order chi connectivity index (χ1) is 13.5. The molecule has 0 spiro atoms. The largest absolute Gasteiger partial charge is 0.503 e. The number of hydrogen-bond acceptors (Lipinski definition) is 7. The molecule has 0 aliphatic carbocycles. The van der Waals surface area contributed by atoms with Gasteiger partial charge in [-0.05, 0) is 19.1 Å². The highest BCUT2D eigenvalue weighted by atomic mass is 16.5. The van der Waals surface area contributed by atoms with Crippen molar-refractivity contribution < 1.29 is 28.9 Å². The Morgan fingerprint density at radius 3 is 2.54 bits per heavy atom. The molecule has 1 N–H and O–H groups in total. The summed E-state index contributed by atoms with van der Waals surface area (Å²) >= 11 is 0. The van der Waals surface area contributed by atoms with E-state index in [1.54, 1.807) is 25.3 Å². The van der Waals surface area contributed by atoms with Crippen LogP contribution in [-0.2, 0) is 14.3 Å². The number of benzene rings is 1. The highest BCUT2D eigenvalue weighted by Gasteiger charge is 2.43. The second-order valence-corrected chi connectivity index (χ2v) is 6.78. The normalized spacial score (nSPS) is 20.6. The van der Waals surface area contributed by atoms with Gasteiger partial charge in [0.2, 0.25) is 0 Å². The van der Waals surface area contributed by atoms with E-state index in [4.69, 9.17) is 14.2 Å². The van der Waals surface area contributed by atoms with Gasteiger partial charge in [-0.2, -0.15) is 0 Å². The molecule has 1 saturated heterocycles. The number of amides is 1. The fourth-order valence-electron chi connectivity index (χ4n) is 3.69. The average molecular weight is 390 g/mol. The number of aliphatic hydroxyl groups is 1. The molecular weight excluding hydrogens is 364 g/mol. The van der Waals surface area contributed by atoms with Crippen LogP contribution < -0.4 is 9.47 Å². The molecule has 0 saturated carbocycles. The summed E-state index contributed by atoms with van der Waals surface area (Å²) in [7, 11) is 3.07. The molecule has 2 aliphatic heterocycles. The SMILES string of the molecule is COc1ccc([C@H]2C(C(C)=O)=C(O)C(=O)N2CCN2CCOCC2)c(OC)c1. The number of methoxy groups -OCH3 is 2. The number of nitrogens with zero attached hydrogens (tertiary/aromatic N) is 2. The Bertz CT molecular complexity index is 785. The van der Waals surface area contributed by atoms with Crippen molar-refractivity contribution in [1.82, 2.24) is 9.80 Å². The number of hydrogen-bond donors (Lipinski definition) is 1. The van der Waals surface area contributed by atoms with Crippen LogP contribution in [0.2, 0.25) is 0 Å². The van der Waals surface area contributed by atoms with Crippen molar-refractivity contribution in [2.45, 2.75) is 13.0 Å². The van der Waals surface area contributed by atoms with Gasteiger partial charge < -0.3 is 24.2 Å². The number of carbonyl (C=O) groups is 2. The molecular formula is C20H26N2O6. The molecule has 1 atom stereocenters. The van der Waals surface area contributed by atoms with E-state index in [1.807, 2.05) is 0 Å². The molecule has 8 heteroatoms. The van der Waals surface area contributed by atoms with Crippen LogP contribution in [0.4, 0.5) is 0 Å². The van der Waals surface area contributed by atoms with Crippen LogP contribution in [0.3, 0.4) is 0 Å². The Balaban J connectivity index is 1.94. The number of ether oxygens (including phenoxy) is 3. The van der Waals surface area contributed by atoms with Gasteiger partial charge in [0.25, 0.3) is 5.91 Å². The molecule has 28 heavy (non-hydrogen) atoms. The Morgan fingerprint density at radius 1 is 1.21 bits per heavy atom. The summed E-state index contributed by atoms with van der Waals surface area (Å²) in [5.74, 6) is -0.286. The molecule has 3 rings (SSSR count). The van der Waals surface area contributed by atoms with Crippen LogP contribution in [0.25, 0.3) is 0 Å². The summed E-state index contributed by atoms with van der Waals surface area (Å²) in [6.45, 7) is 5.25. The molecule has 2 heterocycles. The summed E-state index contributed by atoms with van der Waals surface area (Å²) in [5.41, 5.74) is 0.725. The molecule has 1 aromatic carbocycles. The Hall–Kier alpha value is -2.58. The lowest BCUT2D eigenvalue weighted by Gasteiger charge is -2.32. The van der Waals surface area contributed by atoms with E-state index in [-0.39, 0.29) is 11.4 Å². The zero-order valence-electron chi connectivity index (χ0n) is 16.4. The minimum absolute atomic E-state index is 0.0930. The first kappa shape index (κ1) is 20.2. The smallest absolute Gasteiger partial charge is 0.290 e. The quantitative estimate of drug-likeness (QED) is 0.751. The summed E-state index contributed by atoms with van der Waals surface area (Å²) < 4.78 is 16.1. The fraction of sp³-hybridized carbons (Fsp3) is 0.500. The Kier molecular flexibility index (Phi) is 6.21. The lowest BCUT2D eigenvalue weighted by Crippen LogP contribution is -2.43.